The Balaban J connectivity index is 1.02. The highest BCUT2D eigenvalue weighted by atomic mass is 16.6. The van der Waals surface area contributed by atoms with Crippen LogP contribution in [-0.2, 0) is 27.9 Å². The summed E-state index contributed by atoms with van der Waals surface area (Å²) in [6, 6.07) is 17.9. The number of carbonyl (C=O) groups is 3. The number of nitrogens with one attached hydrogen (secondary N) is 2. The molecule has 13 heteroatoms. The van der Waals surface area contributed by atoms with E-state index < -0.39 is 17.4 Å². The van der Waals surface area contributed by atoms with Gasteiger partial charge in [0.15, 0.2) is 6.23 Å². The molecule has 1 saturated heterocycles. The van der Waals surface area contributed by atoms with Gasteiger partial charge in [-0.05, 0) is 63.5 Å². The molecule has 3 heterocycles. The first-order valence-corrected chi connectivity index (χ1v) is 20.1. The molecule has 2 aromatic carbocycles. The van der Waals surface area contributed by atoms with Crippen molar-refractivity contribution < 1.29 is 29.3 Å². The highest BCUT2D eigenvalue weighted by Crippen LogP contribution is 2.40. The van der Waals surface area contributed by atoms with Crippen molar-refractivity contribution in [1.82, 2.24) is 30.2 Å². The van der Waals surface area contributed by atoms with Crippen molar-refractivity contribution >= 4 is 29.9 Å². The molecule has 2 aliphatic rings. The maximum Gasteiger partial charge on any atom is 0.407 e. The van der Waals surface area contributed by atoms with E-state index in [9.17, 15) is 24.6 Å². The van der Waals surface area contributed by atoms with Gasteiger partial charge in [-0.1, -0.05) is 87.2 Å². The third kappa shape index (κ3) is 12.1. The number of carbonyl (C=O) groups excluding carboxylic acids is 3. The first kappa shape index (κ1) is 42.4. The molecule has 3 aromatic rings. The number of hydrogen-bond acceptors (Lipinski definition) is 9. The highest BCUT2D eigenvalue weighted by Gasteiger charge is 2.39. The number of nitrogens with zero attached hydrogens (tertiary/aromatic N) is 5. The molecule has 0 saturated carbocycles. The lowest BCUT2D eigenvalue weighted by Gasteiger charge is -2.42. The van der Waals surface area contributed by atoms with Crippen LogP contribution < -0.4 is 10.6 Å². The van der Waals surface area contributed by atoms with Crippen LogP contribution in [0.4, 0.5) is 10.5 Å². The minimum absolute atomic E-state index is 0.0291. The van der Waals surface area contributed by atoms with Crippen LogP contribution in [0.5, 0.6) is 0 Å². The number of aryl methyl sites for hydroxylation is 1. The molecule has 13 nitrogen and oxygen atoms in total. The lowest BCUT2D eigenvalue weighted by Crippen LogP contribution is -2.52. The number of fused-ring (bicyclic) bond motifs is 1. The van der Waals surface area contributed by atoms with Gasteiger partial charge in [-0.3, -0.25) is 14.3 Å². The van der Waals surface area contributed by atoms with Gasteiger partial charge in [-0.2, -0.15) is 5.10 Å². The van der Waals surface area contributed by atoms with Crippen LogP contribution in [0.15, 0.2) is 59.6 Å². The molecule has 1 fully saturated rings. The number of aliphatic hydroxyl groups is 2. The first-order chi connectivity index (χ1) is 26.7. The number of β-amino-alcohol motifs (C(OH)–C–C–N with tert-alkyl or cyclic N) is 1. The van der Waals surface area contributed by atoms with Crippen molar-refractivity contribution in [3.05, 3.63) is 71.4 Å². The van der Waals surface area contributed by atoms with Crippen molar-refractivity contribution in [3.63, 3.8) is 0 Å². The van der Waals surface area contributed by atoms with E-state index in [0.717, 1.165) is 60.9 Å². The van der Waals surface area contributed by atoms with E-state index >= 15 is 0 Å². The van der Waals surface area contributed by atoms with Crippen LogP contribution in [0.25, 0.3) is 11.3 Å². The van der Waals surface area contributed by atoms with Gasteiger partial charge in [0.05, 0.1) is 24.2 Å². The van der Waals surface area contributed by atoms with E-state index in [1.165, 1.54) is 0 Å². The number of piperidine rings is 1. The van der Waals surface area contributed by atoms with Gasteiger partial charge >= 0.3 is 6.09 Å². The third-order valence-electron chi connectivity index (χ3n) is 10.5. The smallest absolute Gasteiger partial charge is 0.407 e. The van der Waals surface area contributed by atoms with E-state index in [4.69, 9.17) is 4.74 Å². The lowest BCUT2D eigenvalue weighted by molar-refractivity contribution is -0.137. The number of aliphatic hydroxyl groups excluding tert-OH is 1. The SMILES string of the molecule is C[C@H](CC(=O)N1CCC(O)(CN2C=Nc3c(nn(C)c3-c3ccc(CNC(=O)CCCCCCCCNC(=O)OC(C)(C)C)cc3)C2O)CC1)c1ccccc1. The van der Waals surface area contributed by atoms with Gasteiger partial charge in [0.1, 0.15) is 17.0 Å². The number of rotatable bonds is 17. The van der Waals surface area contributed by atoms with Crippen LogP contribution in [-0.4, -0.2) is 91.4 Å². The molecular formula is C43H61N7O6. The molecule has 5 rings (SSSR count). The lowest BCUT2D eigenvalue weighted by atomic mass is 9.89. The monoisotopic (exact) mass is 771 g/mol. The Bertz CT molecular complexity index is 1780. The zero-order valence-corrected chi connectivity index (χ0v) is 33.8. The van der Waals surface area contributed by atoms with Crippen molar-refractivity contribution in [2.45, 2.75) is 122 Å². The standard InChI is InChI=1S/C43H61N7O6/c1-31(33-15-11-10-12-16-33)27-36(52)49-25-22-43(55,23-26-49)29-50-30-46-37-38(40(50)53)47-48(5)39(37)34-20-18-32(19-21-34)28-45-35(51)17-13-8-6-7-9-14-24-44-41(54)56-42(2,3)4/h10-12,15-16,18-21,30-31,40,53,55H,6-9,13-14,17,22-29H2,1-5H3,(H,44,54)(H,45,51)/t31-,40?/m1/s1. The molecule has 304 valence electrons. The summed E-state index contributed by atoms with van der Waals surface area (Å²) in [7, 11) is 1.82. The number of aliphatic imine (C=N–C) groups is 1. The molecule has 1 unspecified atom stereocenters. The Hall–Kier alpha value is -4.75. The number of aromatic nitrogens is 2. The Morgan fingerprint density at radius 3 is 2.29 bits per heavy atom. The number of hydrogen-bond donors (Lipinski definition) is 4. The molecule has 56 heavy (non-hydrogen) atoms. The predicted molar refractivity (Wildman–Crippen MR) is 217 cm³/mol. The second-order valence-corrected chi connectivity index (χ2v) is 16.4. The average molecular weight is 772 g/mol. The minimum atomic E-state index is -1.08. The molecule has 2 atom stereocenters. The summed E-state index contributed by atoms with van der Waals surface area (Å²) < 4.78 is 6.95. The summed E-state index contributed by atoms with van der Waals surface area (Å²) in [6.45, 7) is 9.71. The minimum Gasteiger partial charge on any atom is -0.444 e. The maximum atomic E-state index is 13.1. The largest absolute Gasteiger partial charge is 0.444 e. The summed E-state index contributed by atoms with van der Waals surface area (Å²) in [5.74, 6) is 0.232. The zero-order chi connectivity index (χ0) is 40.3. The van der Waals surface area contributed by atoms with E-state index in [-0.39, 0.29) is 30.4 Å². The quantitative estimate of drug-likeness (QED) is 0.114. The van der Waals surface area contributed by atoms with Crippen molar-refractivity contribution in [2.75, 3.05) is 26.2 Å². The molecule has 4 N–H and O–H groups in total. The van der Waals surface area contributed by atoms with E-state index in [1.807, 2.05) is 87.3 Å². The number of unbranched alkanes of at least 4 members (excludes halogenated alkanes) is 5. The third-order valence-corrected chi connectivity index (χ3v) is 10.5. The van der Waals surface area contributed by atoms with E-state index in [2.05, 4.69) is 27.6 Å². The maximum absolute atomic E-state index is 13.1. The molecule has 2 aliphatic heterocycles. The second kappa shape index (κ2) is 19.4. The van der Waals surface area contributed by atoms with Gasteiger partial charge in [0.25, 0.3) is 0 Å². The second-order valence-electron chi connectivity index (χ2n) is 16.4. The summed E-state index contributed by atoms with van der Waals surface area (Å²) in [6.07, 6.45) is 7.71. The number of ether oxygens (including phenoxy) is 1. The van der Waals surface area contributed by atoms with E-state index in [1.54, 1.807) is 15.9 Å². The summed E-state index contributed by atoms with van der Waals surface area (Å²) >= 11 is 0. The molecule has 1 aromatic heterocycles. The fourth-order valence-corrected chi connectivity index (χ4v) is 7.29. The summed E-state index contributed by atoms with van der Waals surface area (Å²) in [5.41, 5.74) is 3.18. The number of benzene rings is 2. The van der Waals surface area contributed by atoms with Crippen LogP contribution in [0.1, 0.15) is 121 Å². The van der Waals surface area contributed by atoms with Gasteiger partial charge < -0.3 is 35.4 Å². The Labute approximate surface area is 331 Å². The van der Waals surface area contributed by atoms with Crippen LogP contribution in [0, 0.1) is 0 Å². The Morgan fingerprint density at radius 1 is 0.946 bits per heavy atom. The van der Waals surface area contributed by atoms with Crippen LogP contribution in [0.3, 0.4) is 0 Å². The molecular weight excluding hydrogens is 711 g/mol. The van der Waals surface area contributed by atoms with Crippen molar-refractivity contribution in [2.24, 2.45) is 12.0 Å². The van der Waals surface area contributed by atoms with Gasteiger partial charge in [0.2, 0.25) is 11.8 Å². The number of amides is 3. The molecule has 3 amide bonds. The molecule has 0 bridgehead atoms. The zero-order valence-electron chi connectivity index (χ0n) is 33.8. The van der Waals surface area contributed by atoms with Crippen molar-refractivity contribution in [3.8, 4) is 11.3 Å². The fourth-order valence-electron chi connectivity index (χ4n) is 7.29. The Kier molecular flexibility index (Phi) is 14.7. The molecule has 0 aliphatic carbocycles. The van der Waals surface area contributed by atoms with Gasteiger partial charge in [0, 0.05) is 51.6 Å². The fraction of sp³-hybridized carbons (Fsp3) is 0.558. The first-order valence-electron chi connectivity index (χ1n) is 20.1. The van der Waals surface area contributed by atoms with Crippen molar-refractivity contribution in [1.29, 1.82) is 0 Å². The number of alkyl carbamates (subject to hydrolysis) is 1. The number of likely N-dealkylation sites (tertiary alicyclic amines) is 1. The van der Waals surface area contributed by atoms with Crippen LogP contribution >= 0.6 is 0 Å². The van der Waals surface area contributed by atoms with E-state index in [0.29, 0.717) is 63.2 Å². The van der Waals surface area contributed by atoms with Gasteiger partial charge in [-0.25, -0.2) is 9.79 Å². The Morgan fingerprint density at radius 2 is 1.61 bits per heavy atom. The van der Waals surface area contributed by atoms with Crippen LogP contribution in [0.2, 0.25) is 0 Å². The predicted octanol–water partition coefficient (Wildman–Crippen LogP) is 6.47. The van der Waals surface area contributed by atoms with Gasteiger partial charge in [-0.15, -0.1) is 0 Å². The summed E-state index contributed by atoms with van der Waals surface area (Å²) in [5, 5.41) is 33.3. The molecule has 0 spiro atoms. The normalized spacial score (nSPS) is 16.9. The molecule has 0 radical (unpaired) electrons. The average Bonchev–Trinajstić information content (AvgIpc) is 3.50. The summed E-state index contributed by atoms with van der Waals surface area (Å²) in [4.78, 5) is 45.4. The highest BCUT2D eigenvalue weighted by molar-refractivity contribution is 5.80. The topological polar surface area (TPSA) is 162 Å².